The summed E-state index contributed by atoms with van der Waals surface area (Å²) in [6.45, 7) is 0. The van der Waals surface area contributed by atoms with Crippen molar-refractivity contribution >= 4 is 124 Å². The summed E-state index contributed by atoms with van der Waals surface area (Å²) in [5.41, 5.74) is 9.14. The summed E-state index contributed by atoms with van der Waals surface area (Å²) < 4.78 is 7.41. The Morgan fingerprint density at radius 1 is 0.415 bits per heavy atom. The third kappa shape index (κ3) is 3.09. The van der Waals surface area contributed by atoms with Gasteiger partial charge in [-0.25, -0.2) is 9.97 Å². The summed E-state index contributed by atoms with van der Waals surface area (Å²) in [5, 5.41) is 16.2. The zero-order chi connectivity index (χ0) is 34.1. The van der Waals surface area contributed by atoms with E-state index in [1.165, 1.54) is 85.2 Å². The fourth-order valence-electron chi connectivity index (χ4n) is 9.91. The van der Waals surface area contributed by atoms with Crippen LogP contribution in [0.5, 0.6) is 0 Å². The molecule has 0 N–H and O–H groups in total. The van der Waals surface area contributed by atoms with Crippen molar-refractivity contribution in [3.8, 4) is 17.2 Å². The summed E-state index contributed by atoms with van der Waals surface area (Å²) in [7, 11) is 0. The van der Waals surface area contributed by atoms with Gasteiger partial charge in [-0.3, -0.25) is 4.57 Å². The molecule has 0 spiro atoms. The van der Waals surface area contributed by atoms with Crippen LogP contribution < -0.4 is 0 Å². The maximum absolute atomic E-state index is 5.68. The largest absolute Gasteiger partial charge is 0.307 e. The van der Waals surface area contributed by atoms with Gasteiger partial charge >= 0.3 is 0 Å². The number of rotatable bonds is 2. The topological polar surface area (TPSA) is 35.1 Å². The number of aromatic nitrogens is 4. The third-order valence-corrected chi connectivity index (χ3v) is 13.2. The molecule has 0 fully saturated rings. The molecule has 0 unspecified atom stereocenters. The normalized spacial score (nSPS) is 12.9. The fourth-order valence-corrected chi connectivity index (χ4v) is 11.1. The van der Waals surface area contributed by atoms with Crippen molar-refractivity contribution < 1.29 is 0 Å². The highest BCUT2D eigenvalue weighted by Crippen LogP contribution is 2.49. The van der Waals surface area contributed by atoms with E-state index in [0.29, 0.717) is 5.95 Å². The molecule has 5 heteroatoms. The van der Waals surface area contributed by atoms with Crippen molar-refractivity contribution in [1.29, 1.82) is 0 Å². The van der Waals surface area contributed by atoms with Crippen LogP contribution in [0.2, 0.25) is 0 Å². The molecule has 14 rings (SSSR count). The quantitative estimate of drug-likeness (QED) is 0.169. The van der Waals surface area contributed by atoms with Gasteiger partial charge in [0.15, 0.2) is 0 Å². The second kappa shape index (κ2) is 9.15. The van der Waals surface area contributed by atoms with E-state index in [0.717, 1.165) is 38.6 Å². The van der Waals surface area contributed by atoms with Crippen LogP contribution in [-0.4, -0.2) is 18.9 Å². The molecule has 0 aliphatic carbocycles. The minimum absolute atomic E-state index is 0.685. The SMILES string of the molecule is c1ccc2c(c1)ccc1nc(-n3c4cccc5c6cccc7c8cccc9c%10ccc3c(c54)c%10n(c67)c89)nc(-c3cccc4c3sc3ccccc34)c12. The number of hydrogen-bond donors (Lipinski definition) is 0. The van der Waals surface area contributed by atoms with E-state index in [1.54, 1.807) is 0 Å². The van der Waals surface area contributed by atoms with Crippen molar-refractivity contribution in [2.24, 2.45) is 0 Å². The van der Waals surface area contributed by atoms with E-state index in [9.17, 15) is 0 Å². The van der Waals surface area contributed by atoms with E-state index in [-0.39, 0.29) is 0 Å². The Kier molecular flexibility index (Phi) is 4.65. The number of para-hydroxylation sites is 2. The maximum Gasteiger partial charge on any atom is 0.235 e. The van der Waals surface area contributed by atoms with Gasteiger partial charge in [-0.15, -0.1) is 11.3 Å². The van der Waals surface area contributed by atoms with Gasteiger partial charge in [-0.1, -0.05) is 121 Å². The Labute approximate surface area is 304 Å². The Hall–Kier alpha value is -6.82. The second-order valence-corrected chi connectivity index (χ2v) is 15.5. The Morgan fingerprint density at radius 3 is 1.91 bits per heavy atom. The number of hydrogen-bond acceptors (Lipinski definition) is 3. The molecule has 0 saturated carbocycles. The molecular formula is C48H24N4S. The van der Waals surface area contributed by atoms with E-state index < -0.39 is 0 Å². The lowest BCUT2D eigenvalue weighted by molar-refractivity contribution is 1.02. The van der Waals surface area contributed by atoms with E-state index in [1.807, 2.05) is 11.3 Å². The lowest BCUT2D eigenvalue weighted by Gasteiger charge is -2.14. The van der Waals surface area contributed by atoms with Crippen molar-refractivity contribution in [2.75, 3.05) is 0 Å². The van der Waals surface area contributed by atoms with Crippen molar-refractivity contribution in [2.45, 2.75) is 0 Å². The van der Waals surface area contributed by atoms with Crippen LogP contribution in [0.25, 0.3) is 130 Å². The van der Waals surface area contributed by atoms with Gasteiger partial charge in [0.1, 0.15) is 0 Å². The minimum atomic E-state index is 0.685. The minimum Gasteiger partial charge on any atom is -0.307 e. The van der Waals surface area contributed by atoms with E-state index in [2.05, 4.69) is 155 Å². The molecule has 0 atom stereocenters. The van der Waals surface area contributed by atoms with Crippen LogP contribution in [-0.2, 0) is 0 Å². The number of nitrogens with zero attached hydrogens (tertiary/aromatic N) is 4. The van der Waals surface area contributed by atoms with Crippen LogP contribution in [0.1, 0.15) is 0 Å². The summed E-state index contributed by atoms with van der Waals surface area (Å²) in [6.07, 6.45) is 0. The first-order chi connectivity index (χ1) is 26.3. The third-order valence-electron chi connectivity index (χ3n) is 12.0. The highest BCUT2D eigenvalue weighted by molar-refractivity contribution is 7.26. The molecule has 6 heterocycles. The molecule has 0 saturated heterocycles. The molecule has 53 heavy (non-hydrogen) atoms. The predicted octanol–water partition coefficient (Wildman–Crippen LogP) is 13.1. The van der Waals surface area contributed by atoms with Gasteiger partial charge in [0.25, 0.3) is 0 Å². The molecule has 0 radical (unpaired) electrons. The number of benzene rings is 8. The van der Waals surface area contributed by atoms with Gasteiger partial charge in [0.05, 0.1) is 38.8 Å². The van der Waals surface area contributed by atoms with Crippen LogP contribution in [0.4, 0.5) is 0 Å². The molecule has 8 aromatic carbocycles. The Morgan fingerprint density at radius 2 is 1.06 bits per heavy atom. The number of fused-ring (bicyclic) bond motifs is 9. The highest BCUT2D eigenvalue weighted by atomic mass is 32.1. The van der Waals surface area contributed by atoms with Gasteiger partial charge < -0.3 is 4.40 Å². The first kappa shape index (κ1) is 26.9. The first-order valence-electron chi connectivity index (χ1n) is 18.1. The molecule has 242 valence electrons. The van der Waals surface area contributed by atoms with Gasteiger partial charge in [0.2, 0.25) is 5.95 Å². The molecule has 0 bridgehead atoms. The first-order valence-corrected chi connectivity index (χ1v) is 18.9. The van der Waals surface area contributed by atoms with Gasteiger partial charge in [0, 0.05) is 68.8 Å². The van der Waals surface area contributed by atoms with Crippen LogP contribution in [0.3, 0.4) is 0 Å². The molecule has 0 amide bonds. The molecular weight excluding hydrogens is 665 g/mol. The van der Waals surface area contributed by atoms with Crippen LogP contribution in [0.15, 0.2) is 146 Å². The van der Waals surface area contributed by atoms with E-state index in [4.69, 9.17) is 9.97 Å². The van der Waals surface area contributed by atoms with Gasteiger partial charge in [-0.2, -0.15) is 0 Å². The Balaban J connectivity index is 1.19. The molecule has 4 nitrogen and oxygen atoms in total. The van der Waals surface area contributed by atoms with Crippen LogP contribution in [0, 0.1) is 0 Å². The lowest BCUT2D eigenvalue weighted by atomic mass is 9.99. The average molecular weight is 689 g/mol. The fraction of sp³-hybridized carbons (Fsp3) is 0. The average Bonchev–Trinajstić information content (AvgIpc) is 3.93. The zero-order valence-corrected chi connectivity index (χ0v) is 28.9. The van der Waals surface area contributed by atoms with Crippen molar-refractivity contribution in [1.82, 2.24) is 18.9 Å². The lowest BCUT2D eigenvalue weighted by Crippen LogP contribution is -2.04. The summed E-state index contributed by atoms with van der Waals surface area (Å²) in [5.74, 6) is 0.685. The standard InChI is InChI=1S/C48H24N4S/c1-2-10-26-25(9-1)21-23-36-40(26)43(35-18-7-17-34-27-11-3-4-20-39(27)53-47(34)35)50-48(49-36)51-37-19-8-12-28-29-13-5-14-30-31-15-6-16-32-33-22-24-38(51)42(41(28)37)46(33)52(44(29)30)45(31)32/h1-24H. The monoisotopic (exact) mass is 688 g/mol. The Bertz CT molecular complexity index is 3860. The highest BCUT2D eigenvalue weighted by Gasteiger charge is 2.27. The summed E-state index contributed by atoms with van der Waals surface area (Å²) in [6, 6.07) is 53.4. The van der Waals surface area contributed by atoms with Crippen molar-refractivity contribution in [3.05, 3.63) is 146 Å². The smallest absolute Gasteiger partial charge is 0.235 e. The predicted molar refractivity (Wildman–Crippen MR) is 224 cm³/mol. The van der Waals surface area contributed by atoms with Crippen molar-refractivity contribution in [3.63, 3.8) is 0 Å². The maximum atomic E-state index is 5.68. The molecule has 6 aromatic heterocycles. The van der Waals surface area contributed by atoms with Gasteiger partial charge in [-0.05, 0) is 40.4 Å². The number of thiophene rings is 1. The summed E-state index contributed by atoms with van der Waals surface area (Å²) >= 11 is 1.85. The molecule has 0 aliphatic heterocycles. The zero-order valence-electron chi connectivity index (χ0n) is 28.1. The van der Waals surface area contributed by atoms with E-state index >= 15 is 0 Å². The molecule has 14 aromatic rings. The second-order valence-electron chi connectivity index (χ2n) is 14.5. The molecule has 0 aliphatic rings. The summed E-state index contributed by atoms with van der Waals surface area (Å²) in [4.78, 5) is 11.2. The van der Waals surface area contributed by atoms with Crippen LogP contribution >= 0.6 is 11.3 Å².